The van der Waals surface area contributed by atoms with Gasteiger partial charge < -0.3 is 40.6 Å². The molecule has 1 aliphatic heterocycles. The Kier molecular flexibility index (Phi) is 16.4. The van der Waals surface area contributed by atoms with Gasteiger partial charge >= 0.3 is 6.09 Å². The molecule has 1 aliphatic carbocycles. The molecule has 45 heavy (non-hydrogen) atoms. The van der Waals surface area contributed by atoms with E-state index in [1.165, 1.54) is 20.3 Å². The third-order valence-electron chi connectivity index (χ3n) is 7.65. The first-order chi connectivity index (χ1) is 20.7. The Labute approximate surface area is 272 Å². The number of nitrogens with zero attached hydrogens (tertiary/aromatic N) is 1. The van der Waals surface area contributed by atoms with Crippen LogP contribution in [0.3, 0.4) is 0 Å². The molecule has 2 rings (SSSR count). The molecule has 2 bridgehead atoms. The van der Waals surface area contributed by atoms with E-state index in [0.717, 1.165) is 6.08 Å². The molecule has 0 aromatic rings. The summed E-state index contributed by atoms with van der Waals surface area (Å²) in [6.07, 6.45) is 3.88. The molecule has 0 unspecified atom stereocenters. The summed E-state index contributed by atoms with van der Waals surface area (Å²) in [5.41, 5.74) is 6.55. The number of Topliss-reactive ketones (excluding diaryl/α,β-unsaturated/α-hetero) is 1. The number of nitrogens with one attached hydrogen (secondary N) is 2. The number of fused-ring (bicyclic) bond motifs is 2. The Balaban J connectivity index is 0.0000101. The first-order valence-electron chi connectivity index (χ1n) is 14.7. The summed E-state index contributed by atoms with van der Waals surface area (Å²) in [7, 11) is 6.74. The minimum absolute atomic E-state index is 0. The van der Waals surface area contributed by atoms with Crippen LogP contribution < -0.4 is 16.4 Å². The number of aliphatic hydroxyl groups is 1. The summed E-state index contributed by atoms with van der Waals surface area (Å²) in [6.45, 7) is 8.09. The number of amides is 2. The lowest BCUT2D eigenvalue weighted by Crippen LogP contribution is -2.38. The monoisotopic (exact) mass is 652 g/mol. The molecule has 5 N–H and O–H groups in total. The molecule has 13 heteroatoms. The Morgan fingerprint density at radius 1 is 1.16 bits per heavy atom. The number of hydrogen-bond donors (Lipinski definition) is 4. The van der Waals surface area contributed by atoms with Gasteiger partial charge in [-0.15, -0.1) is 12.4 Å². The number of aliphatic hydroxyl groups excluding tert-OH is 1. The SMILES string of the molecule is CO[C@H]1/C=C\C=C(\C)C(=O)NC2=CC(=O)C(NCCN(C)C)=C(C[C@@H](C)C[C@H](OC)[C@H](O)[C@@H](C)/C=C(/C)[C@@H]1OC(N)=O)C2=O.Cl. The Bertz CT molecular complexity index is 1240. The first kappa shape index (κ1) is 39.7. The molecule has 0 fully saturated rings. The zero-order chi connectivity index (χ0) is 33.1. The van der Waals surface area contributed by atoms with Crippen molar-refractivity contribution in [3.63, 3.8) is 0 Å². The average Bonchev–Trinajstić information content (AvgIpc) is 2.95. The second kappa shape index (κ2) is 18.6. The van der Waals surface area contributed by atoms with Gasteiger partial charge in [-0.1, -0.05) is 38.2 Å². The Morgan fingerprint density at radius 2 is 1.82 bits per heavy atom. The van der Waals surface area contributed by atoms with Crippen molar-refractivity contribution in [3.05, 3.63) is 58.5 Å². The average molecular weight is 653 g/mol. The van der Waals surface area contributed by atoms with Crippen molar-refractivity contribution in [2.75, 3.05) is 41.4 Å². The molecular weight excluding hydrogens is 604 g/mol. The highest BCUT2D eigenvalue weighted by Gasteiger charge is 2.33. The van der Waals surface area contributed by atoms with Crippen molar-refractivity contribution < 1.29 is 38.5 Å². The van der Waals surface area contributed by atoms with E-state index in [1.54, 1.807) is 32.1 Å². The van der Waals surface area contributed by atoms with E-state index in [4.69, 9.17) is 19.9 Å². The number of ether oxygens (including phenoxy) is 3. The number of rotatable bonds is 7. The molecule has 2 aliphatic rings. The number of halogens is 1. The van der Waals surface area contributed by atoms with Crippen molar-refractivity contribution in [1.82, 2.24) is 15.5 Å². The van der Waals surface area contributed by atoms with Gasteiger partial charge in [0.2, 0.25) is 11.6 Å². The van der Waals surface area contributed by atoms with Crippen molar-refractivity contribution in [3.8, 4) is 0 Å². The predicted octanol–water partition coefficient (Wildman–Crippen LogP) is 2.34. The fourth-order valence-corrected chi connectivity index (χ4v) is 5.18. The smallest absolute Gasteiger partial charge is 0.405 e. The normalized spacial score (nSPS) is 30.3. The molecule has 0 aromatic heterocycles. The molecule has 0 radical (unpaired) electrons. The summed E-state index contributed by atoms with van der Waals surface area (Å²) < 4.78 is 16.6. The van der Waals surface area contributed by atoms with Gasteiger partial charge in [0.25, 0.3) is 5.91 Å². The zero-order valence-electron chi connectivity index (χ0n) is 27.4. The third-order valence-corrected chi connectivity index (χ3v) is 7.65. The summed E-state index contributed by atoms with van der Waals surface area (Å²) in [4.78, 5) is 53.7. The number of carbonyl (C=O) groups is 4. The van der Waals surface area contributed by atoms with E-state index < -0.39 is 53.9 Å². The second-order valence-electron chi connectivity index (χ2n) is 11.7. The molecule has 0 spiro atoms. The lowest BCUT2D eigenvalue weighted by atomic mass is 9.85. The van der Waals surface area contributed by atoms with Crippen LogP contribution in [0.15, 0.2) is 58.5 Å². The number of primary amides is 1. The van der Waals surface area contributed by atoms with Crippen molar-refractivity contribution in [2.24, 2.45) is 17.6 Å². The zero-order valence-corrected chi connectivity index (χ0v) is 28.2. The van der Waals surface area contributed by atoms with Gasteiger partial charge in [-0.2, -0.15) is 0 Å². The van der Waals surface area contributed by atoms with Crippen LogP contribution in [0, 0.1) is 11.8 Å². The van der Waals surface area contributed by atoms with Crippen molar-refractivity contribution in [1.29, 1.82) is 0 Å². The van der Waals surface area contributed by atoms with Crippen LogP contribution in [-0.4, -0.2) is 99.4 Å². The predicted molar refractivity (Wildman–Crippen MR) is 173 cm³/mol. The Hall–Kier alpha value is -3.29. The molecule has 6 atom stereocenters. The Morgan fingerprint density at radius 3 is 2.40 bits per heavy atom. The lowest BCUT2D eigenvalue weighted by Gasteiger charge is -2.30. The molecule has 0 saturated heterocycles. The molecule has 252 valence electrons. The summed E-state index contributed by atoms with van der Waals surface area (Å²) >= 11 is 0. The second-order valence-corrected chi connectivity index (χ2v) is 11.7. The topological polar surface area (TPSA) is 170 Å². The van der Waals surface area contributed by atoms with E-state index in [0.29, 0.717) is 25.1 Å². The maximum absolute atomic E-state index is 13.7. The summed E-state index contributed by atoms with van der Waals surface area (Å²) in [5.74, 6) is -2.06. The summed E-state index contributed by atoms with van der Waals surface area (Å²) in [6, 6.07) is 0. The number of carbonyl (C=O) groups excluding carboxylic acids is 4. The minimum atomic E-state index is -0.997. The highest BCUT2D eigenvalue weighted by atomic mass is 35.5. The fraction of sp³-hybridized carbons (Fsp3) is 0.562. The number of allylic oxidation sites excluding steroid dienone is 4. The maximum Gasteiger partial charge on any atom is 0.405 e. The van der Waals surface area contributed by atoms with Crippen molar-refractivity contribution in [2.45, 2.75) is 65.0 Å². The maximum atomic E-state index is 13.7. The quantitative estimate of drug-likeness (QED) is 0.237. The van der Waals surface area contributed by atoms with Gasteiger partial charge in [-0.05, 0) is 52.3 Å². The van der Waals surface area contributed by atoms with Gasteiger partial charge in [-0.3, -0.25) is 14.4 Å². The highest BCUT2D eigenvalue weighted by Crippen LogP contribution is 2.28. The van der Waals surface area contributed by atoms with Crippen LogP contribution in [0.25, 0.3) is 0 Å². The van der Waals surface area contributed by atoms with E-state index in [1.807, 2.05) is 32.8 Å². The molecule has 0 aromatic carbocycles. The number of hydrogen-bond acceptors (Lipinski definition) is 10. The van der Waals surface area contributed by atoms with Crippen LogP contribution in [-0.2, 0) is 28.6 Å². The number of ketones is 2. The molecule has 2 amide bonds. The van der Waals surface area contributed by atoms with Gasteiger partial charge in [-0.25, -0.2) is 4.79 Å². The first-order valence-corrected chi connectivity index (χ1v) is 14.7. The van der Waals surface area contributed by atoms with Crippen LogP contribution in [0.4, 0.5) is 4.79 Å². The summed E-state index contributed by atoms with van der Waals surface area (Å²) in [5, 5.41) is 17.0. The van der Waals surface area contributed by atoms with Crippen molar-refractivity contribution >= 4 is 36.0 Å². The minimum Gasteiger partial charge on any atom is -0.439 e. The number of likely N-dealkylation sites (N-methyl/N-ethyl adjacent to an activating group) is 1. The standard InChI is InChI=1S/C32H48N4O8.ClH/c1-18-14-22-27(34-12-13-36(5)6)24(37)17-23(29(22)39)35-31(40)19(2)10-9-11-25(42-7)30(44-32(33)41)21(4)16-20(3)28(38)26(15-18)43-8;/h9-11,16-18,20,25-26,28,30,34,38H,12-15H2,1-8H3,(H2,33,41)(H,35,40);1H/b11-9-,19-10-,21-16-;/t18-,20+,25+,26+,28-,30+;/m1./s1. The molecule has 1 heterocycles. The number of methoxy groups -OCH3 is 2. The molecule has 12 nitrogen and oxygen atoms in total. The van der Waals surface area contributed by atoms with Gasteiger partial charge in [0, 0.05) is 50.4 Å². The third kappa shape index (κ3) is 11.5. The van der Waals surface area contributed by atoms with Crippen LogP contribution in [0.5, 0.6) is 0 Å². The van der Waals surface area contributed by atoms with Crippen LogP contribution in [0.1, 0.15) is 40.5 Å². The van der Waals surface area contributed by atoms with E-state index in [2.05, 4.69) is 10.6 Å². The molecule has 0 saturated carbocycles. The van der Waals surface area contributed by atoms with Gasteiger partial charge in [0.15, 0.2) is 6.10 Å². The highest BCUT2D eigenvalue weighted by molar-refractivity contribution is 6.23. The van der Waals surface area contributed by atoms with Gasteiger partial charge in [0.05, 0.1) is 23.6 Å². The van der Waals surface area contributed by atoms with Crippen LogP contribution >= 0.6 is 12.4 Å². The lowest BCUT2D eigenvalue weighted by molar-refractivity contribution is -0.120. The molecular formula is C32H49ClN4O8. The van der Waals surface area contributed by atoms with E-state index in [9.17, 15) is 24.3 Å². The van der Waals surface area contributed by atoms with Gasteiger partial charge in [0.1, 0.15) is 6.10 Å². The van der Waals surface area contributed by atoms with E-state index in [-0.39, 0.29) is 47.3 Å². The van der Waals surface area contributed by atoms with E-state index >= 15 is 0 Å². The number of nitrogens with two attached hydrogens (primary N) is 1. The largest absolute Gasteiger partial charge is 0.439 e. The van der Waals surface area contributed by atoms with Crippen LogP contribution in [0.2, 0.25) is 0 Å². The fourth-order valence-electron chi connectivity index (χ4n) is 5.18.